The van der Waals surface area contributed by atoms with Crippen molar-refractivity contribution in [2.45, 2.75) is 24.2 Å². The van der Waals surface area contributed by atoms with Gasteiger partial charge in [0.25, 0.3) is 0 Å². The van der Waals surface area contributed by atoms with Crippen molar-refractivity contribution in [1.29, 1.82) is 0 Å². The van der Waals surface area contributed by atoms with Crippen molar-refractivity contribution in [2.75, 3.05) is 52.1 Å². The molecule has 35 heavy (non-hydrogen) atoms. The number of aromatic nitrogens is 1. The standard InChI is InChI=1S/C24H30ClN3O5S2/c1-27(2)14-6-15-28(24-26-22-20(33-4)13-12-19(25)23(22)34-24)21(29)7-5-16-35(30,31)18-10-8-17(32-3)9-11-18/h8-13H,5-7,14-16H2,1-4H3. The van der Waals surface area contributed by atoms with Crippen LogP contribution < -0.4 is 14.4 Å². The highest BCUT2D eigenvalue weighted by molar-refractivity contribution is 7.91. The molecule has 0 radical (unpaired) electrons. The van der Waals surface area contributed by atoms with Gasteiger partial charge in [0.2, 0.25) is 5.91 Å². The molecule has 0 saturated heterocycles. The van der Waals surface area contributed by atoms with E-state index in [1.165, 1.54) is 30.6 Å². The summed E-state index contributed by atoms with van der Waals surface area (Å²) in [4.78, 5) is 21.8. The SMILES string of the molecule is COc1ccc(S(=O)(=O)CCCC(=O)N(CCCN(C)C)c2nc3c(OC)ccc(Cl)c3s2)cc1. The van der Waals surface area contributed by atoms with Crippen LogP contribution in [0.2, 0.25) is 5.02 Å². The first kappa shape index (κ1) is 27.2. The number of halogens is 1. The Morgan fingerprint density at radius 1 is 1.03 bits per heavy atom. The maximum Gasteiger partial charge on any atom is 0.228 e. The third-order valence-corrected chi connectivity index (χ3v) is 8.76. The van der Waals surface area contributed by atoms with Gasteiger partial charge < -0.3 is 14.4 Å². The molecule has 0 aliphatic carbocycles. The summed E-state index contributed by atoms with van der Waals surface area (Å²) < 4.78 is 36.7. The third kappa shape index (κ3) is 6.84. The van der Waals surface area contributed by atoms with E-state index in [2.05, 4.69) is 4.98 Å². The molecule has 0 spiro atoms. The number of amides is 1. The van der Waals surface area contributed by atoms with Gasteiger partial charge in [-0.15, -0.1) is 0 Å². The zero-order valence-corrected chi connectivity index (χ0v) is 22.7. The summed E-state index contributed by atoms with van der Waals surface area (Å²) in [6.45, 7) is 1.26. The molecule has 0 saturated carbocycles. The van der Waals surface area contributed by atoms with Crippen LogP contribution in [0.3, 0.4) is 0 Å². The highest BCUT2D eigenvalue weighted by atomic mass is 35.5. The molecule has 0 aliphatic heterocycles. The molecule has 8 nitrogen and oxygen atoms in total. The summed E-state index contributed by atoms with van der Waals surface area (Å²) in [6, 6.07) is 9.74. The number of carbonyl (C=O) groups excluding carboxylic acids is 1. The maximum absolute atomic E-state index is 13.2. The lowest BCUT2D eigenvalue weighted by Crippen LogP contribution is -2.33. The van der Waals surface area contributed by atoms with Crippen LogP contribution in [0, 0.1) is 0 Å². The average molecular weight is 540 g/mol. The molecule has 0 N–H and O–H groups in total. The summed E-state index contributed by atoms with van der Waals surface area (Å²) in [6.07, 6.45) is 1.02. The largest absolute Gasteiger partial charge is 0.497 e. The van der Waals surface area contributed by atoms with Crippen LogP contribution in [0.4, 0.5) is 5.13 Å². The second kappa shape index (κ2) is 12.0. The molecule has 1 amide bonds. The fraction of sp³-hybridized carbons (Fsp3) is 0.417. The minimum Gasteiger partial charge on any atom is -0.497 e. The number of benzene rings is 2. The van der Waals surface area contributed by atoms with Crippen LogP contribution >= 0.6 is 22.9 Å². The Balaban J connectivity index is 1.76. The van der Waals surface area contributed by atoms with Gasteiger partial charge in [0.1, 0.15) is 17.0 Å². The maximum atomic E-state index is 13.2. The summed E-state index contributed by atoms with van der Waals surface area (Å²) >= 11 is 7.70. The number of hydrogen-bond donors (Lipinski definition) is 0. The minimum absolute atomic E-state index is 0.0815. The predicted molar refractivity (Wildman–Crippen MR) is 141 cm³/mol. The molecule has 2 aromatic carbocycles. The van der Waals surface area contributed by atoms with Crippen molar-refractivity contribution in [3.05, 3.63) is 41.4 Å². The number of rotatable bonds is 12. The molecule has 0 atom stereocenters. The number of hydrogen-bond acceptors (Lipinski definition) is 8. The summed E-state index contributed by atoms with van der Waals surface area (Å²) in [7, 11) is 3.51. The van der Waals surface area contributed by atoms with Crippen LogP contribution in [-0.4, -0.2) is 71.4 Å². The first-order chi connectivity index (χ1) is 16.7. The predicted octanol–water partition coefficient (Wildman–Crippen LogP) is 4.51. The molecule has 3 rings (SSSR count). The fourth-order valence-corrected chi connectivity index (χ4v) is 6.15. The highest BCUT2D eigenvalue weighted by Crippen LogP contribution is 2.39. The molecular weight excluding hydrogens is 510 g/mol. The van der Waals surface area contributed by atoms with Gasteiger partial charge in [-0.3, -0.25) is 9.69 Å². The number of methoxy groups -OCH3 is 2. The van der Waals surface area contributed by atoms with E-state index in [-0.39, 0.29) is 29.4 Å². The Morgan fingerprint density at radius 3 is 2.37 bits per heavy atom. The number of sulfone groups is 1. The Morgan fingerprint density at radius 2 is 1.74 bits per heavy atom. The molecule has 0 aliphatic rings. The van der Waals surface area contributed by atoms with Gasteiger partial charge in [-0.1, -0.05) is 22.9 Å². The van der Waals surface area contributed by atoms with Gasteiger partial charge in [0.15, 0.2) is 15.0 Å². The van der Waals surface area contributed by atoms with E-state index in [0.717, 1.165) is 17.7 Å². The molecule has 0 unspecified atom stereocenters. The summed E-state index contributed by atoms with van der Waals surface area (Å²) in [5.41, 5.74) is 0.604. The zero-order chi connectivity index (χ0) is 25.6. The monoisotopic (exact) mass is 539 g/mol. The van der Waals surface area contributed by atoms with E-state index in [1.54, 1.807) is 36.3 Å². The topological polar surface area (TPSA) is 89.0 Å². The molecular formula is C24H30ClN3O5S2. The highest BCUT2D eigenvalue weighted by Gasteiger charge is 2.23. The van der Waals surface area contributed by atoms with Gasteiger partial charge in [0, 0.05) is 13.0 Å². The van der Waals surface area contributed by atoms with E-state index in [1.807, 2.05) is 19.0 Å². The number of nitrogens with zero attached hydrogens (tertiary/aromatic N) is 3. The number of ether oxygens (including phenoxy) is 2. The minimum atomic E-state index is -3.51. The first-order valence-electron chi connectivity index (χ1n) is 11.1. The van der Waals surface area contributed by atoms with Gasteiger partial charge in [-0.05, 0) is 69.9 Å². The Bertz CT molecular complexity index is 1260. The molecule has 190 valence electrons. The molecule has 11 heteroatoms. The number of fused-ring (bicyclic) bond motifs is 1. The summed E-state index contributed by atoms with van der Waals surface area (Å²) in [5, 5.41) is 1.06. The van der Waals surface area contributed by atoms with E-state index in [4.69, 9.17) is 21.1 Å². The number of carbonyl (C=O) groups is 1. The van der Waals surface area contributed by atoms with Gasteiger partial charge >= 0.3 is 0 Å². The van der Waals surface area contributed by atoms with Crippen LogP contribution in [0.15, 0.2) is 41.3 Å². The van der Waals surface area contributed by atoms with Gasteiger partial charge in [0.05, 0.1) is 34.6 Å². The molecule has 3 aromatic rings. The van der Waals surface area contributed by atoms with Crippen molar-refractivity contribution in [2.24, 2.45) is 0 Å². The van der Waals surface area contributed by atoms with Crippen molar-refractivity contribution >= 4 is 54.0 Å². The average Bonchev–Trinajstić information content (AvgIpc) is 3.28. The van der Waals surface area contributed by atoms with E-state index in [9.17, 15) is 13.2 Å². The normalized spacial score (nSPS) is 11.7. The number of anilines is 1. The lowest BCUT2D eigenvalue weighted by molar-refractivity contribution is -0.118. The van der Waals surface area contributed by atoms with E-state index < -0.39 is 9.84 Å². The van der Waals surface area contributed by atoms with E-state index in [0.29, 0.717) is 33.7 Å². The van der Waals surface area contributed by atoms with E-state index >= 15 is 0 Å². The first-order valence-corrected chi connectivity index (χ1v) is 14.0. The Labute approximate surface area is 215 Å². The molecule has 0 fully saturated rings. The third-order valence-electron chi connectivity index (χ3n) is 5.41. The van der Waals surface area contributed by atoms with Crippen molar-refractivity contribution in [3.63, 3.8) is 0 Å². The van der Waals surface area contributed by atoms with Crippen molar-refractivity contribution < 1.29 is 22.7 Å². The summed E-state index contributed by atoms with van der Waals surface area (Å²) in [5.74, 6) is 0.858. The molecule has 1 heterocycles. The van der Waals surface area contributed by atoms with Crippen LogP contribution in [-0.2, 0) is 14.6 Å². The lowest BCUT2D eigenvalue weighted by Gasteiger charge is -2.21. The van der Waals surface area contributed by atoms with Gasteiger partial charge in [-0.2, -0.15) is 0 Å². The van der Waals surface area contributed by atoms with Crippen molar-refractivity contribution in [1.82, 2.24) is 9.88 Å². The second-order valence-electron chi connectivity index (χ2n) is 8.22. The van der Waals surface area contributed by atoms with Gasteiger partial charge in [-0.25, -0.2) is 13.4 Å². The van der Waals surface area contributed by atoms with Crippen LogP contribution in [0.25, 0.3) is 10.2 Å². The van der Waals surface area contributed by atoms with Crippen LogP contribution in [0.5, 0.6) is 11.5 Å². The zero-order valence-electron chi connectivity index (χ0n) is 20.3. The second-order valence-corrected chi connectivity index (χ2v) is 11.7. The number of thiazole rings is 1. The Hall–Kier alpha value is -2.40. The fourth-order valence-electron chi connectivity index (χ4n) is 3.54. The Kier molecular flexibility index (Phi) is 9.34. The smallest absolute Gasteiger partial charge is 0.228 e. The molecule has 0 bridgehead atoms. The molecule has 1 aromatic heterocycles. The lowest BCUT2D eigenvalue weighted by atomic mass is 10.3. The quantitative estimate of drug-likeness (QED) is 0.334. The van der Waals surface area contributed by atoms with Crippen LogP contribution in [0.1, 0.15) is 19.3 Å². The van der Waals surface area contributed by atoms with Crippen molar-refractivity contribution in [3.8, 4) is 11.5 Å².